The Morgan fingerprint density at radius 3 is 2.26 bits per heavy atom. The molecule has 0 aliphatic carbocycles. The molecule has 0 heterocycles. The number of carbonyl (C=O) groups excluding carboxylic acids is 2. The molecule has 144 valence electrons. The van der Waals surface area contributed by atoms with E-state index in [1.165, 1.54) is 38.5 Å². The van der Waals surface area contributed by atoms with Gasteiger partial charge in [0.25, 0.3) is 5.91 Å². The lowest BCUT2D eigenvalue weighted by Crippen LogP contribution is -2.21. The molecule has 2 aromatic rings. The smallest absolute Gasteiger partial charge is 0.338 e. The molecular weight excluding hydrogens is 376 g/mol. The second kappa shape index (κ2) is 8.52. The highest BCUT2D eigenvalue weighted by Crippen LogP contribution is 2.28. The highest BCUT2D eigenvalue weighted by molar-refractivity contribution is 7.89. The largest absolute Gasteiger partial charge is 0.497 e. The third-order valence-electron chi connectivity index (χ3n) is 3.43. The van der Waals surface area contributed by atoms with E-state index in [0.717, 1.165) is 0 Å². The number of amides is 1. The predicted molar refractivity (Wildman–Crippen MR) is 96.3 cm³/mol. The van der Waals surface area contributed by atoms with E-state index in [4.69, 9.17) is 19.3 Å². The third kappa shape index (κ3) is 5.43. The number of hydrogen-bond donors (Lipinski definition) is 2. The molecule has 10 heteroatoms. The highest BCUT2D eigenvalue weighted by atomic mass is 32.2. The van der Waals surface area contributed by atoms with Crippen LogP contribution in [-0.2, 0) is 19.6 Å². The van der Waals surface area contributed by atoms with Crippen molar-refractivity contribution in [2.75, 3.05) is 26.1 Å². The summed E-state index contributed by atoms with van der Waals surface area (Å²) in [6, 6.07) is 9.67. The van der Waals surface area contributed by atoms with Crippen molar-refractivity contribution in [3.63, 3.8) is 0 Å². The number of benzene rings is 2. The van der Waals surface area contributed by atoms with E-state index >= 15 is 0 Å². The molecule has 9 nitrogen and oxygen atoms in total. The summed E-state index contributed by atoms with van der Waals surface area (Å²) in [6.07, 6.45) is 0. The minimum atomic E-state index is -3.86. The maximum Gasteiger partial charge on any atom is 0.338 e. The van der Waals surface area contributed by atoms with E-state index in [2.05, 4.69) is 5.32 Å². The van der Waals surface area contributed by atoms with Crippen molar-refractivity contribution in [2.45, 2.75) is 4.90 Å². The zero-order chi connectivity index (χ0) is 20.0. The molecule has 0 aliphatic rings. The molecule has 0 fully saturated rings. The molecule has 0 unspecified atom stereocenters. The molecule has 1 amide bonds. The SMILES string of the molecule is COc1ccc(OC)c(NC(=O)COC(=O)c2ccc(S(N)(=O)=O)cc2)c1. The van der Waals surface area contributed by atoms with Gasteiger partial charge in [-0.05, 0) is 36.4 Å². The fourth-order valence-electron chi connectivity index (χ4n) is 2.09. The van der Waals surface area contributed by atoms with E-state index < -0.39 is 28.5 Å². The molecule has 2 rings (SSSR count). The van der Waals surface area contributed by atoms with Crippen molar-refractivity contribution in [2.24, 2.45) is 5.14 Å². The van der Waals surface area contributed by atoms with Gasteiger partial charge in [0, 0.05) is 6.07 Å². The fourth-order valence-corrected chi connectivity index (χ4v) is 2.61. The second-order valence-electron chi connectivity index (χ2n) is 5.26. The average Bonchev–Trinajstić information content (AvgIpc) is 2.65. The molecule has 0 saturated carbocycles. The van der Waals surface area contributed by atoms with Crippen LogP contribution in [0, 0.1) is 0 Å². The molecule has 0 saturated heterocycles. The van der Waals surface area contributed by atoms with Crippen molar-refractivity contribution in [3.8, 4) is 11.5 Å². The number of methoxy groups -OCH3 is 2. The highest BCUT2D eigenvalue weighted by Gasteiger charge is 2.14. The van der Waals surface area contributed by atoms with Crippen LogP contribution in [0.15, 0.2) is 47.4 Å². The molecule has 0 aromatic heterocycles. The lowest BCUT2D eigenvalue weighted by molar-refractivity contribution is -0.119. The monoisotopic (exact) mass is 394 g/mol. The number of primary sulfonamides is 1. The Hall–Kier alpha value is -3.11. The van der Waals surface area contributed by atoms with Crippen LogP contribution in [0.5, 0.6) is 11.5 Å². The summed E-state index contributed by atoms with van der Waals surface area (Å²) < 4.78 is 37.5. The van der Waals surface area contributed by atoms with Crippen LogP contribution in [0.2, 0.25) is 0 Å². The van der Waals surface area contributed by atoms with Gasteiger partial charge >= 0.3 is 5.97 Å². The number of carbonyl (C=O) groups is 2. The van der Waals surface area contributed by atoms with Gasteiger partial charge in [0.2, 0.25) is 10.0 Å². The number of rotatable bonds is 7. The molecule has 2 aromatic carbocycles. The molecule has 0 aliphatic heterocycles. The molecule has 3 N–H and O–H groups in total. The molecule has 0 bridgehead atoms. The van der Waals surface area contributed by atoms with Crippen LogP contribution < -0.4 is 19.9 Å². The van der Waals surface area contributed by atoms with Gasteiger partial charge in [-0.2, -0.15) is 0 Å². The number of nitrogens with one attached hydrogen (secondary N) is 1. The Morgan fingerprint density at radius 1 is 1.04 bits per heavy atom. The van der Waals surface area contributed by atoms with Gasteiger partial charge in [0.1, 0.15) is 11.5 Å². The first-order valence-corrected chi connectivity index (χ1v) is 9.11. The van der Waals surface area contributed by atoms with Crippen LogP contribution in [0.1, 0.15) is 10.4 Å². The molecular formula is C17H18N2O7S. The number of ether oxygens (including phenoxy) is 3. The summed E-state index contributed by atoms with van der Waals surface area (Å²) >= 11 is 0. The summed E-state index contributed by atoms with van der Waals surface area (Å²) in [5.41, 5.74) is 0.435. The van der Waals surface area contributed by atoms with E-state index in [1.54, 1.807) is 18.2 Å². The number of anilines is 1. The van der Waals surface area contributed by atoms with E-state index in [9.17, 15) is 18.0 Å². The van der Waals surface area contributed by atoms with Gasteiger partial charge in [-0.15, -0.1) is 0 Å². The molecule has 0 radical (unpaired) electrons. The normalized spacial score (nSPS) is 10.8. The Bertz CT molecular complexity index is 940. The number of hydrogen-bond acceptors (Lipinski definition) is 7. The summed E-state index contributed by atoms with van der Waals surface area (Å²) in [7, 11) is -0.927. The van der Waals surface area contributed by atoms with E-state index in [-0.39, 0.29) is 10.5 Å². The van der Waals surface area contributed by atoms with Crippen LogP contribution in [-0.4, -0.2) is 41.1 Å². The topological polar surface area (TPSA) is 134 Å². The lowest BCUT2D eigenvalue weighted by Gasteiger charge is -2.12. The van der Waals surface area contributed by atoms with Gasteiger partial charge in [0.15, 0.2) is 6.61 Å². The maximum atomic E-state index is 12.0. The quantitative estimate of drug-likeness (QED) is 0.673. The van der Waals surface area contributed by atoms with Gasteiger partial charge < -0.3 is 19.5 Å². The van der Waals surface area contributed by atoms with Crippen LogP contribution in [0.3, 0.4) is 0 Å². The molecule has 27 heavy (non-hydrogen) atoms. The van der Waals surface area contributed by atoms with Crippen molar-refractivity contribution in [3.05, 3.63) is 48.0 Å². The standard InChI is InChI=1S/C17H18N2O7S/c1-24-12-5-8-15(25-2)14(9-12)19-16(20)10-26-17(21)11-3-6-13(7-4-11)27(18,22)23/h3-9H,10H2,1-2H3,(H,19,20)(H2,18,22,23). The third-order valence-corrected chi connectivity index (χ3v) is 4.36. The summed E-state index contributed by atoms with van der Waals surface area (Å²) in [6.45, 7) is -0.545. The van der Waals surface area contributed by atoms with Gasteiger partial charge in [-0.1, -0.05) is 0 Å². The first kappa shape index (κ1) is 20.2. The van der Waals surface area contributed by atoms with Crippen LogP contribution in [0.25, 0.3) is 0 Å². The summed E-state index contributed by atoms with van der Waals surface area (Å²) in [4.78, 5) is 23.8. The van der Waals surface area contributed by atoms with Gasteiger partial charge in [0.05, 0.1) is 30.4 Å². The van der Waals surface area contributed by atoms with Gasteiger partial charge in [-0.3, -0.25) is 4.79 Å². The Labute approximate surface area is 156 Å². The second-order valence-corrected chi connectivity index (χ2v) is 6.82. The number of sulfonamides is 1. The lowest BCUT2D eigenvalue weighted by atomic mass is 10.2. The molecule has 0 spiro atoms. The zero-order valence-corrected chi connectivity index (χ0v) is 15.4. The van der Waals surface area contributed by atoms with Crippen LogP contribution in [0.4, 0.5) is 5.69 Å². The van der Waals surface area contributed by atoms with Crippen molar-refractivity contribution >= 4 is 27.6 Å². The van der Waals surface area contributed by atoms with E-state index in [1.807, 2.05) is 0 Å². The first-order valence-electron chi connectivity index (χ1n) is 7.56. The Balaban J connectivity index is 1.98. The Morgan fingerprint density at radius 2 is 1.70 bits per heavy atom. The Kier molecular flexibility index (Phi) is 6.37. The summed E-state index contributed by atoms with van der Waals surface area (Å²) in [5, 5.41) is 7.54. The van der Waals surface area contributed by atoms with Crippen LogP contribution >= 0.6 is 0 Å². The van der Waals surface area contributed by atoms with Crippen molar-refractivity contribution < 1.29 is 32.2 Å². The molecule has 0 atom stereocenters. The number of nitrogens with two attached hydrogens (primary N) is 1. The van der Waals surface area contributed by atoms with Gasteiger partial charge in [-0.25, -0.2) is 18.4 Å². The van der Waals surface area contributed by atoms with Crippen molar-refractivity contribution in [1.29, 1.82) is 0 Å². The minimum Gasteiger partial charge on any atom is -0.497 e. The first-order chi connectivity index (χ1) is 12.7. The zero-order valence-electron chi connectivity index (χ0n) is 14.6. The maximum absolute atomic E-state index is 12.0. The van der Waals surface area contributed by atoms with E-state index in [0.29, 0.717) is 17.2 Å². The predicted octanol–water partition coefficient (Wildman–Crippen LogP) is 1.15. The fraction of sp³-hybridized carbons (Fsp3) is 0.176. The van der Waals surface area contributed by atoms with Crippen molar-refractivity contribution in [1.82, 2.24) is 0 Å². The number of esters is 1. The average molecular weight is 394 g/mol. The summed E-state index contributed by atoms with van der Waals surface area (Å²) in [5.74, 6) is -0.452. The minimum absolute atomic E-state index is 0.0779.